The van der Waals surface area contributed by atoms with Gasteiger partial charge in [-0.25, -0.2) is 4.39 Å². The Balaban J connectivity index is 4.14. The Bertz CT molecular complexity index is 91.6. The van der Waals surface area contributed by atoms with Gasteiger partial charge >= 0.3 is 0 Å². The quantitative estimate of drug-likeness (QED) is 0.582. The first-order valence-corrected chi connectivity index (χ1v) is 3.22. The lowest BCUT2D eigenvalue weighted by Crippen LogP contribution is -2.37. The van der Waals surface area contributed by atoms with Crippen molar-refractivity contribution in [3.05, 3.63) is 0 Å². The monoisotopic (exact) mass is 134 g/mol. The molecule has 9 heavy (non-hydrogen) atoms. The average molecular weight is 134 g/mol. The maximum Gasteiger partial charge on any atom is 0.211 e. The van der Waals surface area contributed by atoms with E-state index in [9.17, 15) is 4.39 Å². The minimum Gasteiger partial charge on any atom is -0.361 e. The largest absolute Gasteiger partial charge is 0.361 e. The van der Waals surface area contributed by atoms with E-state index in [2.05, 4.69) is 0 Å². The van der Waals surface area contributed by atoms with Crippen LogP contribution in [0.3, 0.4) is 0 Å². The molecule has 1 unspecified atom stereocenters. The molecule has 0 aromatic rings. The molecule has 0 saturated heterocycles. The number of rotatable bonds is 1. The summed E-state index contributed by atoms with van der Waals surface area (Å²) in [6, 6.07) is 0. The average Bonchev–Trinajstić information content (AvgIpc) is 1.64. The van der Waals surface area contributed by atoms with Crippen LogP contribution in [0.1, 0.15) is 34.1 Å². The van der Waals surface area contributed by atoms with E-state index in [0.717, 1.165) is 0 Å². The molecule has 1 atom stereocenters. The first-order valence-electron chi connectivity index (χ1n) is 3.22. The second-order valence-electron chi connectivity index (χ2n) is 3.36. The summed E-state index contributed by atoms with van der Waals surface area (Å²) in [6.45, 7) is 6.66. The van der Waals surface area contributed by atoms with Gasteiger partial charge in [0, 0.05) is 11.8 Å². The molecule has 2 heteroatoms. The van der Waals surface area contributed by atoms with Gasteiger partial charge in [0.15, 0.2) is 0 Å². The molecule has 0 saturated carbocycles. The summed E-state index contributed by atoms with van der Waals surface area (Å²) in [4.78, 5) is 0. The molecular formula is C7H15FO. The second kappa shape index (κ2) is 2.25. The van der Waals surface area contributed by atoms with Crippen molar-refractivity contribution in [1.29, 1.82) is 0 Å². The van der Waals surface area contributed by atoms with Gasteiger partial charge in [-0.05, 0) is 0 Å². The second-order valence-corrected chi connectivity index (χ2v) is 3.36. The minimum atomic E-state index is -2.02. The van der Waals surface area contributed by atoms with Crippen molar-refractivity contribution in [2.75, 3.05) is 0 Å². The summed E-state index contributed by atoms with van der Waals surface area (Å²) in [6.07, 6.45) is 0.149. The van der Waals surface area contributed by atoms with Gasteiger partial charge in [0.1, 0.15) is 0 Å². The highest BCUT2D eigenvalue weighted by atomic mass is 19.2. The van der Waals surface area contributed by atoms with Crippen LogP contribution >= 0.6 is 0 Å². The van der Waals surface area contributed by atoms with E-state index in [1.54, 1.807) is 27.7 Å². The maximum atomic E-state index is 12.9. The van der Waals surface area contributed by atoms with Crippen molar-refractivity contribution in [3.8, 4) is 0 Å². The van der Waals surface area contributed by atoms with E-state index in [-0.39, 0.29) is 6.42 Å². The van der Waals surface area contributed by atoms with Gasteiger partial charge in [0.05, 0.1) is 0 Å². The summed E-state index contributed by atoms with van der Waals surface area (Å²) in [5, 5.41) is 8.99. The van der Waals surface area contributed by atoms with Crippen molar-refractivity contribution in [2.45, 2.75) is 40.0 Å². The first kappa shape index (κ1) is 8.89. The Kier molecular flexibility index (Phi) is 2.23. The molecule has 0 aromatic carbocycles. The van der Waals surface area contributed by atoms with Crippen LogP contribution in [-0.2, 0) is 0 Å². The van der Waals surface area contributed by atoms with Crippen LogP contribution in [0.25, 0.3) is 0 Å². The predicted octanol–water partition coefficient (Wildman–Crippen LogP) is 2.10. The highest BCUT2D eigenvalue weighted by molar-refractivity contribution is 4.78. The molecule has 1 N–H and O–H groups in total. The molecule has 0 fully saturated rings. The van der Waals surface area contributed by atoms with Gasteiger partial charge in [0.2, 0.25) is 5.85 Å². The zero-order valence-electron chi connectivity index (χ0n) is 6.53. The highest BCUT2D eigenvalue weighted by Gasteiger charge is 2.38. The van der Waals surface area contributed by atoms with E-state index in [1.165, 1.54) is 0 Å². The van der Waals surface area contributed by atoms with Gasteiger partial charge in [-0.15, -0.1) is 0 Å². The van der Waals surface area contributed by atoms with E-state index < -0.39 is 11.3 Å². The molecule has 1 nitrogen and oxygen atoms in total. The van der Waals surface area contributed by atoms with Crippen molar-refractivity contribution < 1.29 is 9.50 Å². The number of hydrogen-bond donors (Lipinski definition) is 1. The molecule has 0 heterocycles. The molecular weight excluding hydrogens is 119 g/mol. The smallest absolute Gasteiger partial charge is 0.211 e. The molecule has 0 spiro atoms. The number of hydrogen-bond acceptors (Lipinski definition) is 1. The van der Waals surface area contributed by atoms with Crippen LogP contribution in [0, 0.1) is 5.41 Å². The van der Waals surface area contributed by atoms with E-state index >= 15 is 0 Å². The minimum absolute atomic E-state index is 0.149. The molecule has 0 bridgehead atoms. The Morgan fingerprint density at radius 1 is 1.33 bits per heavy atom. The predicted molar refractivity (Wildman–Crippen MR) is 35.8 cm³/mol. The molecule has 0 rings (SSSR count). The molecule has 0 aromatic heterocycles. The van der Waals surface area contributed by atoms with Crippen LogP contribution in [0.2, 0.25) is 0 Å². The van der Waals surface area contributed by atoms with Gasteiger partial charge in [-0.1, -0.05) is 27.7 Å². The fraction of sp³-hybridized carbons (Fsp3) is 1.00. The highest BCUT2D eigenvalue weighted by Crippen LogP contribution is 2.33. The molecule has 0 amide bonds. The van der Waals surface area contributed by atoms with Crippen molar-refractivity contribution in [1.82, 2.24) is 0 Å². The Hall–Kier alpha value is -0.110. The zero-order chi connectivity index (χ0) is 7.71. The van der Waals surface area contributed by atoms with Gasteiger partial charge in [-0.2, -0.15) is 0 Å². The lowest BCUT2D eigenvalue weighted by Gasteiger charge is -2.31. The summed E-state index contributed by atoms with van der Waals surface area (Å²) in [5.74, 6) is -2.02. The third-order valence-electron chi connectivity index (χ3n) is 1.62. The first-order chi connectivity index (χ1) is 3.81. The summed E-state index contributed by atoms with van der Waals surface area (Å²) in [5.41, 5.74) is -0.665. The Labute approximate surface area is 55.9 Å². The van der Waals surface area contributed by atoms with E-state index in [0.29, 0.717) is 0 Å². The molecule has 0 aliphatic rings. The topological polar surface area (TPSA) is 20.2 Å². The number of alkyl halides is 1. The lowest BCUT2D eigenvalue weighted by molar-refractivity contribution is -0.168. The van der Waals surface area contributed by atoms with Gasteiger partial charge < -0.3 is 5.11 Å². The molecule has 0 radical (unpaired) electrons. The van der Waals surface area contributed by atoms with Crippen LogP contribution in [0.15, 0.2) is 0 Å². The lowest BCUT2D eigenvalue weighted by atomic mass is 9.85. The zero-order valence-corrected chi connectivity index (χ0v) is 6.53. The number of aliphatic hydroxyl groups is 1. The SMILES string of the molecule is CCC(O)(F)C(C)(C)C. The summed E-state index contributed by atoms with van der Waals surface area (Å²) < 4.78 is 12.9. The fourth-order valence-electron chi connectivity index (χ4n) is 0.530. The third kappa shape index (κ3) is 1.94. The van der Waals surface area contributed by atoms with Crippen LogP contribution < -0.4 is 0 Å². The molecule has 0 aliphatic carbocycles. The van der Waals surface area contributed by atoms with Crippen molar-refractivity contribution in [3.63, 3.8) is 0 Å². The van der Waals surface area contributed by atoms with Crippen LogP contribution in [0.4, 0.5) is 4.39 Å². The van der Waals surface area contributed by atoms with Gasteiger partial charge in [-0.3, -0.25) is 0 Å². The third-order valence-corrected chi connectivity index (χ3v) is 1.62. The Morgan fingerprint density at radius 3 is 1.67 bits per heavy atom. The Morgan fingerprint density at radius 2 is 1.67 bits per heavy atom. The molecule has 56 valence electrons. The number of halogens is 1. The fourth-order valence-corrected chi connectivity index (χ4v) is 0.530. The summed E-state index contributed by atoms with van der Waals surface area (Å²) in [7, 11) is 0. The van der Waals surface area contributed by atoms with Crippen LogP contribution in [-0.4, -0.2) is 11.0 Å². The van der Waals surface area contributed by atoms with Crippen molar-refractivity contribution in [2.24, 2.45) is 5.41 Å². The van der Waals surface area contributed by atoms with Crippen LogP contribution in [0.5, 0.6) is 0 Å². The van der Waals surface area contributed by atoms with E-state index in [1.807, 2.05) is 0 Å². The molecule has 0 aliphatic heterocycles. The van der Waals surface area contributed by atoms with E-state index in [4.69, 9.17) is 5.11 Å². The normalized spacial score (nSPS) is 19.3. The van der Waals surface area contributed by atoms with Crippen molar-refractivity contribution >= 4 is 0 Å². The van der Waals surface area contributed by atoms with Gasteiger partial charge in [0.25, 0.3) is 0 Å². The standard InChI is InChI=1S/C7H15FO/c1-5-7(8,9)6(2,3)4/h9H,5H2,1-4H3. The summed E-state index contributed by atoms with van der Waals surface area (Å²) >= 11 is 0. The maximum absolute atomic E-state index is 12.9.